The fraction of sp³-hybridized carbons (Fsp3) is 0.0968. The minimum atomic E-state index is -0.660. The third-order valence-corrected chi connectivity index (χ3v) is 6.56. The van der Waals surface area contributed by atoms with Gasteiger partial charge in [-0.05, 0) is 65.7 Å². The van der Waals surface area contributed by atoms with Gasteiger partial charge in [-0.15, -0.1) is 0 Å². The summed E-state index contributed by atoms with van der Waals surface area (Å²) in [6.45, 7) is 0.308. The molecule has 7 nitrogen and oxygen atoms in total. The van der Waals surface area contributed by atoms with Crippen molar-refractivity contribution < 1.29 is 28.1 Å². The zero-order chi connectivity index (χ0) is 28.2. The molecule has 0 aliphatic carbocycles. The monoisotopic (exact) mass is 556 g/mol. The second-order valence-electron chi connectivity index (χ2n) is 8.85. The van der Waals surface area contributed by atoms with Crippen molar-refractivity contribution in [3.63, 3.8) is 0 Å². The molecule has 0 bridgehead atoms. The van der Waals surface area contributed by atoms with E-state index in [1.165, 1.54) is 37.4 Å². The zero-order valence-electron chi connectivity index (χ0n) is 21.2. The molecule has 0 amide bonds. The van der Waals surface area contributed by atoms with Crippen LogP contribution < -0.4 is 24.7 Å². The number of nitriles is 1. The Labute approximate surface area is 234 Å². The Balaban J connectivity index is 1.42. The van der Waals surface area contributed by atoms with E-state index in [2.05, 4.69) is 6.07 Å². The molecule has 9 heteroatoms. The number of hydrogen-bond acceptors (Lipinski definition) is 7. The van der Waals surface area contributed by atoms with E-state index < -0.39 is 17.7 Å². The van der Waals surface area contributed by atoms with Gasteiger partial charge in [-0.1, -0.05) is 35.9 Å². The topological polar surface area (TPSA) is 104 Å². The van der Waals surface area contributed by atoms with Crippen LogP contribution in [-0.4, -0.2) is 13.1 Å². The van der Waals surface area contributed by atoms with Gasteiger partial charge in [0.2, 0.25) is 5.88 Å². The van der Waals surface area contributed by atoms with Crippen molar-refractivity contribution in [2.75, 3.05) is 7.11 Å². The van der Waals surface area contributed by atoms with Gasteiger partial charge in [0.05, 0.1) is 18.6 Å². The summed E-state index contributed by atoms with van der Waals surface area (Å²) >= 11 is 5.96. The Kier molecular flexibility index (Phi) is 7.58. The minimum absolute atomic E-state index is 0.0657. The van der Waals surface area contributed by atoms with Crippen molar-refractivity contribution in [3.8, 4) is 29.1 Å². The molecule has 1 aliphatic rings. The summed E-state index contributed by atoms with van der Waals surface area (Å²) in [5, 5.41) is 10.6. The quantitative estimate of drug-likeness (QED) is 0.204. The number of ether oxygens (including phenoxy) is 4. The summed E-state index contributed by atoms with van der Waals surface area (Å²) in [6, 6.07) is 24.7. The largest absolute Gasteiger partial charge is 0.493 e. The number of fused-ring (bicyclic) bond motifs is 1. The standard InChI is InChI=1S/C31H22ClFN2O5/c1-37-28-14-20(6-13-26(28)38-17-18-2-7-21(32)8-3-18)29-24-12-11-23(15-27(24)40-30(35)25(29)16-34)39-31(36)19-4-9-22(33)10-5-19/h2-15,29H,17,35H2,1H3. The average Bonchev–Trinajstić information content (AvgIpc) is 2.96. The van der Waals surface area contributed by atoms with Crippen LogP contribution in [0.15, 0.2) is 96.4 Å². The number of halogens is 2. The van der Waals surface area contributed by atoms with Gasteiger partial charge in [0.25, 0.3) is 0 Å². The number of carbonyl (C=O) groups excluding carboxylic acids is 1. The SMILES string of the molecule is COc1cc(C2C(C#N)=C(N)Oc3cc(OC(=O)c4ccc(F)cc4)ccc32)ccc1OCc1ccc(Cl)cc1. The molecule has 1 atom stereocenters. The van der Waals surface area contributed by atoms with E-state index in [4.69, 9.17) is 36.3 Å². The van der Waals surface area contributed by atoms with Gasteiger partial charge < -0.3 is 24.7 Å². The molecule has 0 aromatic heterocycles. The summed E-state index contributed by atoms with van der Waals surface area (Å²) in [7, 11) is 1.53. The number of nitrogens with two attached hydrogens (primary N) is 1. The number of nitrogens with zero attached hydrogens (tertiary/aromatic N) is 1. The first-order valence-electron chi connectivity index (χ1n) is 12.1. The second kappa shape index (κ2) is 11.4. The lowest BCUT2D eigenvalue weighted by atomic mass is 9.83. The van der Waals surface area contributed by atoms with Crippen LogP contribution in [0.4, 0.5) is 4.39 Å². The summed E-state index contributed by atoms with van der Waals surface area (Å²) in [4.78, 5) is 12.5. The van der Waals surface area contributed by atoms with E-state index in [1.54, 1.807) is 36.4 Å². The van der Waals surface area contributed by atoms with Gasteiger partial charge in [-0.25, -0.2) is 9.18 Å². The molecule has 1 aliphatic heterocycles. The van der Waals surface area contributed by atoms with Crippen LogP contribution in [0.3, 0.4) is 0 Å². The van der Waals surface area contributed by atoms with Crippen LogP contribution in [0.2, 0.25) is 5.02 Å². The van der Waals surface area contributed by atoms with E-state index in [9.17, 15) is 14.4 Å². The van der Waals surface area contributed by atoms with E-state index in [-0.39, 0.29) is 22.8 Å². The van der Waals surface area contributed by atoms with Gasteiger partial charge in [0.15, 0.2) is 11.5 Å². The van der Waals surface area contributed by atoms with Gasteiger partial charge in [-0.2, -0.15) is 5.26 Å². The Morgan fingerprint density at radius 2 is 1.77 bits per heavy atom. The van der Waals surface area contributed by atoms with E-state index in [0.717, 1.165) is 11.1 Å². The summed E-state index contributed by atoms with van der Waals surface area (Å²) in [5.74, 6) is -0.242. The second-order valence-corrected chi connectivity index (χ2v) is 9.28. The molecule has 0 spiro atoms. The molecule has 0 fully saturated rings. The molecule has 200 valence electrons. The highest BCUT2D eigenvalue weighted by Gasteiger charge is 2.32. The van der Waals surface area contributed by atoms with Gasteiger partial charge in [-0.3, -0.25) is 0 Å². The molecular formula is C31H22ClFN2O5. The molecule has 40 heavy (non-hydrogen) atoms. The van der Waals surface area contributed by atoms with Crippen molar-refractivity contribution >= 4 is 17.6 Å². The van der Waals surface area contributed by atoms with Crippen molar-refractivity contribution in [2.24, 2.45) is 5.73 Å². The predicted molar refractivity (Wildman–Crippen MR) is 146 cm³/mol. The Bertz CT molecular complexity index is 1650. The average molecular weight is 557 g/mol. The van der Waals surface area contributed by atoms with Crippen molar-refractivity contribution in [1.29, 1.82) is 5.26 Å². The molecule has 5 rings (SSSR count). The number of esters is 1. The lowest BCUT2D eigenvalue weighted by molar-refractivity contribution is 0.0734. The summed E-state index contributed by atoms with van der Waals surface area (Å²) in [5.41, 5.74) is 8.85. The first-order chi connectivity index (χ1) is 19.4. The Morgan fingerprint density at radius 1 is 1.02 bits per heavy atom. The first kappa shape index (κ1) is 26.6. The predicted octanol–water partition coefficient (Wildman–Crippen LogP) is 6.50. The van der Waals surface area contributed by atoms with E-state index >= 15 is 0 Å². The number of allylic oxidation sites excluding steroid dienone is 1. The fourth-order valence-electron chi connectivity index (χ4n) is 4.32. The third kappa shape index (κ3) is 5.55. The number of carbonyl (C=O) groups is 1. The Hall–Kier alpha value is -5.00. The summed E-state index contributed by atoms with van der Waals surface area (Å²) in [6.07, 6.45) is 0. The van der Waals surface area contributed by atoms with Crippen LogP contribution in [0.1, 0.15) is 33.0 Å². The van der Waals surface area contributed by atoms with Crippen molar-refractivity contribution in [3.05, 3.63) is 129 Å². The van der Waals surface area contributed by atoms with E-state index in [0.29, 0.717) is 34.4 Å². The van der Waals surface area contributed by atoms with Gasteiger partial charge >= 0.3 is 5.97 Å². The maximum atomic E-state index is 13.2. The van der Waals surface area contributed by atoms with Gasteiger partial charge in [0.1, 0.15) is 35.6 Å². The van der Waals surface area contributed by atoms with Crippen molar-refractivity contribution in [2.45, 2.75) is 12.5 Å². The highest BCUT2D eigenvalue weighted by Crippen LogP contribution is 2.45. The number of hydrogen-bond donors (Lipinski definition) is 1. The molecule has 4 aromatic carbocycles. The molecule has 0 saturated carbocycles. The lowest BCUT2D eigenvalue weighted by Crippen LogP contribution is -2.21. The van der Waals surface area contributed by atoms with Crippen molar-refractivity contribution in [1.82, 2.24) is 0 Å². The first-order valence-corrected chi connectivity index (χ1v) is 12.5. The highest BCUT2D eigenvalue weighted by atomic mass is 35.5. The van der Waals surface area contributed by atoms with Crippen LogP contribution in [0, 0.1) is 17.1 Å². The van der Waals surface area contributed by atoms with Crippen LogP contribution in [0.25, 0.3) is 0 Å². The molecule has 1 heterocycles. The Morgan fingerprint density at radius 3 is 2.48 bits per heavy atom. The van der Waals surface area contributed by atoms with Gasteiger partial charge in [0, 0.05) is 16.7 Å². The van der Waals surface area contributed by atoms with Crippen LogP contribution in [-0.2, 0) is 6.61 Å². The molecule has 4 aromatic rings. The smallest absolute Gasteiger partial charge is 0.343 e. The highest BCUT2D eigenvalue weighted by molar-refractivity contribution is 6.30. The van der Waals surface area contributed by atoms with Crippen LogP contribution in [0.5, 0.6) is 23.0 Å². The van der Waals surface area contributed by atoms with E-state index in [1.807, 2.05) is 18.2 Å². The lowest BCUT2D eigenvalue weighted by Gasteiger charge is -2.27. The minimum Gasteiger partial charge on any atom is -0.493 e. The fourth-order valence-corrected chi connectivity index (χ4v) is 4.44. The third-order valence-electron chi connectivity index (χ3n) is 6.31. The normalized spacial score (nSPS) is 14.0. The maximum absolute atomic E-state index is 13.2. The number of benzene rings is 4. The molecular weight excluding hydrogens is 535 g/mol. The summed E-state index contributed by atoms with van der Waals surface area (Å²) < 4.78 is 36.0. The molecule has 2 N–H and O–H groups in total. The molecule has 0 radical (unpaired) electrons. The number of methoxy groups -OCH3 is 1. The molecule has 0 saturated heterocycles. The van der Waals surface area contributed by atoms with Crippen LogP contribution >= 0.6 is 11.6 Å². The maximum Gasteiger partial charge on any atom is 0.343 e. The molecule has 1 unspecified atom stereocenters. The number of rotatable bonds is 7. The zero-order valence-corrected chi connectivity index (χ0v) is 21.9.